The Balaban J connectivity index is 1.91. The Labute approximate surface area is 139 Å². The summed E-state index contributed by atoms with van der Waals surface area (Å²) >= 11 is 5.79. The molecule has 0 fully saturated rings. The van der Waals surface area contributed by atoms with E-state index in [4.69, 9.17) is 16.3 Å². The van der Waals surface area contributed by atoms with Crippen molar-refractivity contribution >= 4 is 23.4 Å². The molecule has 23 heavy (non-hydrogen) atoms. The van der Waals surface area contributed by atoms with Crippen molar-refractivity contribution in [1.29, 1.82) is 0 Å². The van der Waals surface area contributed by atoms with Crippen molar-refractivity contribution in [3.05, 3.63) is 64.7 Å². The van der Waals surface area contributed by atoms with Crippen molar-refractivity contribution < 1.29 is 14.3 Å². The molecule has 0 radical (unpaired) electrons. The monoisotopic (exact) mass is 332 g/mol. The molecule has 0 aliphatic heterocycles. The summed E-state index contributed by atoms with van der Waals surface area (Å²) in [5, 5.41) is 0.606. The van der Waals surface area contributed by atoms with Gasteiger partial charge in [-0.15, -0.1) is 0 Å². The lowest BCUT2D eigenvalue weighted by Gasteiger charge is -2.11. The van der Waals surface area contributed by atoms with E-state index in [9.17, 15) is 9.59 Å². The van der Waals surface area contributed by atoms with Gasteiger partial charge in [0.15, 0.2) is 0 Å². The molecular formula is C17H17ClN2O3. The van der Waals surface area contributed by atoms with Crippen molar-refractivity contribution in [2.24, 2.45) is 0 Å². The van der Waals surface area contributed by atoms with E-state index in [-0.39, 0.29) is 12.3 Å². The summed E-state index contributed by atoms with van der Waals surface area (Å²) in [7, 11) is 0. The minimum absolute atomic E-state index is 0.143. The molecule has 0 aliphatic rings. The van der Waals surface area contributed by atoms with Crippen LogP contribution < -0.4 is 15.6 Å². The number of rotatable bonds is 5. The Bertz CT molecular complexity index is 686. The molecule has 0 saturated heterocycles. The van der Waals surface area contributed by atoms with Crippen molar-refractivity contribution in [3.8, 4) is 5.75 Å². The Hall–Kier alpha value is -2.53. The number of para-hydroxylation sites is 1. The molecule has 5 nitrogen and oxygen atoms in total. The normalized spacial score (nSPS) is 10.0. The van der Waals surface area contributed by atoms with Gasteiger partial charge >= 0.3 is 0 Å². The van der Waals surface area contributed by atoms with Crippen LogP contribution in [0.4, 0.5) is 0 Å². The lowest BCUT2D eigenvalue weighted by molar-refractivity contribution is -0.121. The van der Waals surface area contributed by atoms with Crippen LogP contribution >= 0.6 is 11.6 Å². The first-order chi connectivity index (χ1) is 11.1. The topological polar surface area (TPSA) is 67.4 Å². The number of hydrogen-bond acceptors (Lipinski definition) is 3. The maximum atomic E-state index is 12.1. The summed E-state index contributed by atoms with van der Waals surface area (Å²) in [6.07, 6.45) is 0.143. The predicted molar refractivity (Wildman–Crippen MR) is 88.4 cm³/mol. The van der Waals surface area contributed by atoms with Crippen LogP contribution in [0, 0.1) is 0 Å². The standard InChI is InChI=1S/C17H17ClN2O3/c1-2-23-15-6-4-3-5-14(15)17(22)20-19-16(21)11-12-7-9-13(18)10-8-12/h3-10H,2,11H2,1H3,(H,19,21)(H,20,22). The Morgan fingerprint density at radius 2 is 1.74 bits per heavy atom. The third-order valence-corrected chi connectivity index (χ3v) is 3.28. The third kappa shape index (κ3) is 5.00. The van der Waals surface area contributed by atoms with E-state index < -0.39 is 5.91 Å². The first-order valence-electron chi connectivity index (χ1n) is 7.15. The third-order valence-electron chi connectivity index (χ3n) is 3.02. The van der Waals surface area contributed by atoms with Gasteiger partial charge < -0.3 is 4.74 Å². The second-order valence-electron chi connectivity index (χ2n) is 4.73. The zero-order chi connectivity index (χ0) is 16.7. The Kier molecular flexibility index (Phi) is 6.00. The number of nitrogens with one attached hydrogen (secondary N) is 2. The highest BCUT2D eigenvalue weighted by molar-refractivity contribution is 6.30. The van der Waals surface area contributed by atoms with Gasteiger partial charge in [-0.25, -0.2) is 0 Å². The van der Waals surface area contributed by atoms with Crippen molar-refractivity contribution in [2.75, 3.05) is 6.61 Å². The number of hydrazine groups is 1. The SMILES string of the molecule is CCOc1ccccc1C(=O)NNC(=O)Cc1ccc(Cl)cc1. The van der Waals surface area contributed by atoms with Crippen LogP contribution in [0.25, 0.3) is 0 Å². The number of carbonyl (C=O) groups is 2. The molecule has 0 unspecified atom stereocenters. The molecule has 0 bridgehead atoms. The van der Waals surface area contributed by atoms with E-state index in [1.54, 1.807) is 48.5 Å². The quantitative estimate of drug-likeness (QED) is 0.827. The molecule has 0 saturated carbocycles. The zero-order valence-electron chi connectivity index (χ0n) is 12.6. The van der Waals surface area contributed by atoms with Gasteiger partial charge in [-0.05, 0) is 36.8 Å². The molecule has 0 spiro atoms. The minimum Gasteiger partial charge on any atom is -0.493 e. The Morgan fingerprint density at radius 3 is 2.43 bits per heavy atom. The second-order valence-corrected chi connectivity index (χ2v) is 5.17. The first kappa shape index (κ1) is 16.8. The van der Waals surface area contributed by atoms with Crippen LogP contribution in [0.5, 0.6) is 5.75 Å². The summed E-state index contributed by atoms with van der Waals surface area (Å²) in [6, 6.07) is 13.8. The number of carbonyl (C=O) groups excluding carboxylic acids is 2. The molecule has 2 rings (SSSR count). The minimum atomic E-state index is -0.432. The lowest BCUT2D eigenvalue weighted by atomic mass is 10.1. The molecule has 2 aromatic rings. The predicted octanol–water partition coefficient (Wildman–Crippen LogP) is 2.74. The molecule has 0 aliphatic carbocycles. The number of halogens is 1. The van der Waals surface area contributed by atoms with Crippen LogP contribution in [0.3, 0.4) is 0 Å². The molecule has 6 heteroatoms. The van der Waals surface area contributed by atoms with Crippen LogP contribution in [0.2, 0.25) is 5.02 Å². The van der Waals surface area contributed by atoms with E-state index >= 15 is 0 Å². The molecular weight excluding hydrogens is 316 g/mol. The average molecular weight is 333 g/mol. The van der Waals surface area contributed by atoms with E-state index in [0.29, 0.717) is 22.9 Å². The molecule has 0 atom stereocenters. The van der Waals surface area contributed by atoms with Crippen LogP contribution in [0.1, 0.15) is 22.8 Å². The van der Waals surface area contributed by atoms with Crippen molar-refractivity contribution in [3.63, 3.8) is 0 Å². The Morgan fingerprint density at radius 1 is 1.04 bits per heavy atom. The van der Waals surface area contributed by atoms with E-state index in [1.807, 2.05) is 6.92 Å². The maximum absolute atomic E-state index is 12.1. The van der Waals surface area contributed by atoms with Gasteiger partial charge in [0.2, 0.25) is 5.91 Å². The van der Waals surface area contributed by atoms with E-state index in [1.165, 1.54) is 0 Å². The summed E-state index contributed by atoms with van der Waals surface area (Å²) in [5.41, 5.74) is 5.93. The van der Waals surface area contributed by atoms with Crippen molar-refractivity contribution in [2.45, 2.75) is 13.3 Å². The van der Waals surface area contributed by atoms with Gasteiger partial charge in [-0.2, -0.15) is 0 Å². The highest BCUT2D eigenvalue weighted by Gasteiger charge is 2.12. The van der Waals surface area contributed by atoms with E-state index in [2.05, 4.69) is 10.9 Å². The van der Waals surface area contributed by atoms with Gasteiger partial charge in [0.1, 0.15) is 5.75 Å². The summed E-state index contributed by atoms with van der Waals surface area (Å²) in [4.78, 5) is 24.0. The van der Waals surface area contributed by atoms with Crippen LogP contribution in [0.15, 0.2) is 48.5 Å². The van der Waals surface area contributed by atoms with Crippen LogP contribution in [-0.4, -0.2) is 18.4 Å². The van der Waals surface area contributed by atoms with Gasteiger partial charge in [-0.1, -0.05) is 35.9 Å². The summed E-state index contributed by atoms with van der Waals surface area (Å²) in [5.74, 6) is -0.285. The second kappa shape index (κ2) is 8.19. The highest BCUT2D eigenvalue weighted by Crippen LogP contribution is 2.17. The molecule has 0 heterocycles. The van der Waals surface area contributed by atoms with Gasteiger partial charge in [-0.3, -0.25) is 20.4 Å². The fraction of sp³-hybridized carbons (Fsp3) is 0.176. The molecule has 2 amide bonds. The summed E-state index contributed by atoms with van der Waals surface area (Å²) < 4.78 is 5.39. The average Bonchev–Trinajstić information content (AvgIpc) is 2.56. The number of amides is 2. The van der Waals surface area contributed by atoms with Crippen LogP contribution in [-0.2, 0) is 11.2 Å². The number of benzene rings is 2. The van der Waals surface area contributed by atoms with Gasteiger partial charge in [0, 0.05) is 5.02 Å². The van der Waals surface area contributed by atoms with Crippen molar-refractivity contribution in [1.82, 2.24) is 10.9 Å². The maximum Gasteiger partial charge on any atom is 0.273 e. The highest BCUT2D eigenvalue weighted by atomic mass is 35.5. The fourth-order valence-corrected chi connectivity index (χ4v) is 2.09. The smallest absolute Gasteiger partial charge is 0.273 e. The lowest BCUT2D eigenvalue weighted by Crippen LogP contribution is -2.42. The van der Waals surface area contributed by atoms with E-state index in [0.717, 1.165) is 5.56 Å². The number of hydrogen-bond donors (Lipinski definition) is 2. The molecule has 2 aromatic carbocycles. The molecule has 0 aromatic heterocycles. The largest absolute Gasteiger partial charge is 0.493 e. The zero-order valence-corrected chi connectivity index (χ0v) is 13.4. The number of ether oxygens (including phenoxy) is 1. The molecule has 2 N–H and O–H groups in total. The fourth-order valence-electron chi connectivity index (χ4n) is 1.96. The van der Waals surface area contributed by atoms with Gasteiger partial charge in [0.05, 0.1) is 18.6 Å². The first-order valence-corrected chi connectivity index (χ1v) is 7.53. The molecule has 120 valence electrons. The van der Waals surface area contributed by atoms with Gasteiger partial charge in [0.25, 0.3) is 5.91 Å². The summed E-state index contributed by atoms with van der Waals surface area (Å²) in [6.45, 7) is 2.29.